The second-order valence-electron chi connectivity index (χ2n) is 6.36. The van der Waals surface area contributed by atoms with Crippen LogP contribution in [0.2, 0.25) is 0 Å². The first-order valence-corrected chi connectivity index (χ1v) is 8.87. The highest BCUT2D eigenvalue weighted by molar-refractivity contribution is 5.92. The highest BCUT2D eigenvalue weighted by Crippen LogP contribution is 2.36. The Kier molecular flexibility index (Phi) is 4.41. The fourth-order valence-electron chi connectivity index (χ4n) is 2.99. The molecule has 1 amide bonds. The van der Waals surface area contributed by atoms with E-state index in [2.05, 4.69) is 10.5 Å². The average Bonchev–Trinajstić information content (AvgIpc) is 3.47. The van der Waals surface area contributed by atoms with Crippen LogP contribution >= 0.6 is 0 Å². The number of anilines is 1. The zero-order valence-electron chi connectivity index (χ0n) is 15.2. The van der Waals surface area contributed by atoms with Gasteiger partial charge < -0.3 is 33.5 Å². The summed E-state index contributed by atoms with van der Waals surface area (Å²) < 4.78 is 32.0. The molecular formula is C20H16N2O7. The van der Waals surface area contributed by atoms with Gasteiger partial charge in [0.2, 0.25) is 19.5 Å². The van der Waals surface area contributed by atoms with E-state index in [-0.39, 0.29) is 32.7 Å². The first-order valence-electron chi connectivity index (χ1n) is 8.87. The summed E-state index contributed by atoms with van der Waals surface area (Å²) >= 11 is 0. The molecule has 3 aromatic rings. The lowest BCUT2D eigenvalue weighted by molar-refractivity contribution is -0.121. The quantitative estimate of drug-likeness (QED) is 0.679. The first kappa shape index (κ1) is 17.4. The maximum absolute atomic E-state index is 12.1. The molecule has 5 rings (SSSR count). The van der Waals surface area contributed by atoms with Crippen LogP contribution in [-0.4, -0.2) is 31.3 Å². The molecule has 0 unspecified atom stereocenters. The second kappa shape index (κ2) is 7.36. The number of benzene rings is 2. The van der Waals surface area contributed by atoms with E-state index in [1.807, 2.05) is 18.2 Å². The van der Waals surface area contributed by atoms with Crippen molar-refractivity contribution in [3.05, 3.63) is 48.2 Å². The lowest BCUT2D eigenvalue weighted by Gasteiger charge is -2.06. The Morgan fingerprint density at radius 2 is 1.66 bits per heavy atom. The number of fused-ring (bicyclic) bond motifs is 2. The SMILES string of the molecule is O=C(COCc1cc(-c2ccc3c(c2)OCO3)on1)Nc1ccc2c(c1)OCO2. The Morgan fingerprint density at radius 3 is 2.48 bits per heavy atom. The Morgan fingerprint density at radius 1 is 0.931 bits per heavy atom. The van der Waals surface area contributed by atoms with Crippen molar-refractivity contribution >= 4 is 11.6 Å². The zero-order valence-corrected chi connectivity index (χ0v) is 15.2. The normalized spacial score (nSPS) is 13.5. The van der Waals surface area contributed by atoms with Crippen LogP contribution in [0.15, 0.2) is 47.0 Å². The summed E-state index contributed by atoms with van der Waals surface area (Å²) in [5.74, 6) is 2.91. The number of aromatic nitrogens is 1. The molecule has 0 saturated heterocycles. The van der Waals surface area contributed by atoms with Crippen molar-refractivity contribution in [1.82, 2.24) is 5.16 Å². The van der Waals surface area contributed by atoms with E-state index in [9.17, 15) is 4.79 Å². The van der Waals surface area contributed by atoms with Crippen molar-refractivity contribution in [2.75, 3.05) is 25.5 Å². The van der Waals surface area contributed by atoms with E-state index in [1.54, 1.807) is 24.3 Å². The topological polar surface area (TPSA) is 101 Å². The third-order valence-corrected chi connectivity index (χ3v) is 4.36. The van der Waals surface area contributed by atoms with Gasteiger partial charge in [0.25, 0.3) is 0 Å². The maximum atomic E-state index is 12.1. The van der Waals surface area contributed by atoms with Gasteiger partial charge in [-0.2, -0.15) is 0 Å². The second-order valence-corrected chi connectivity index (χ2v) is 6.36. The van der Waals surface area contributed by atoms with Crippen LogP contribution < -0.4 is 24.3 Å². The molecule has 1 aromatic heterocycles. The van der Waals surface area contributed by atoms with Crippen LogP contribution in [0.5, 0.6) is 23.0 Å². The number of nitrogens with zero attached hydrogens (tertiary/aromatic N) is 1. The Labute approximate surface area is 165 Å². The highest BCUT2D eigenvalue weighted by atomic mass is 16.7. The summed E-state index contributed by atoms with van der Waals surface area (Å²) in [5.41, 5.74) is 2.00. The monoisotopic (exact) mass is 396 g/mol. The molecule has 0 atom stereocenters. The highest BCUT2D eigenvalue weighted by Gasteiger charge is 2.17. The number of hydrogen-bond acceptors (Lipinski definition) is 8. The summed E-state index contributed by atoms with van der Waals surface area (Å²) in [6.07, 6.45) is 0. The van der Waals surface area contributed by atoms with Crippen molar-refractivity contribution in [3.8, 4) is 34.3 Å². The van der Waals surface area contributed by atoms with Gasteiger partial charge in [-0.1, -0.05) is 5.16 Å². The van der Waals surface area contributed by atoms with E-state index >= 15 is 0 Å². The minimum Gasteiger partial charge on any atom is -0.454 e. The van der Waals surface area contributed by atoms with Gasteiger partial charge in [0.15, 0.2) is 28.8 Å². The minimum absolute atomic E-state index is 0.124. The number of hydrogen-bond donors (Lipinski definition) is 1. The predicted molar refractivity (Wildman–Crippen MR) is 98.9 cm³/mol. The van der Waals surface area contributed by atoms with Crippen LogP contribution in [0.4, 0.5) is 5.69 Å². The summed E-state index contributed by atoms with van der Waals surface area (Å²) in [6.45, 7) is 0.410. The molecule has 0 bridgehead atoms. The fraction of sp³-hybridized carbons (Fsp3) is 0.200. The van der Waals surface area contributed by atoms with Crippen LogP contribution in [-0.2, 0) is 16.1 Å². The van der Waals surface area contributed by atoms with Gasteiger partial charge in [0.1, 0.15) is 12.3 Å². The molecule has 2 aliphatic rings. The molecule has 1 N–H and O–H groups in total. The number of nitrogens with one attached hydrogen (secondary N) is 1. The van der Waals surface area contributed by atoms with E-state index in [0.29, 0.717) is 40.1 Å². The van der Waals surface area contributed by atoms with Crippen molar-refractivity contribution in [2.24, 2.45) is 0 Å². The Hall–Kier alpha value is -3.72. The predicted octanol–water partition coefficient (Wildman–Crippen LogP) is 2.95. The molecule has 3 heterocycles. The van der Waals surface area contributed by atoms with Gasteiger partial charge in [-0.3, -0.25) is 4.79 Å². The molecular weight excluding hydrogens is 380 g/mol. The van der Waals surface area contributed by atoms with Crippen molar-refractivity contribution in [3.63, 3.8) is 0 Å². The van der Waals surface area contributed by atoms with E-state index in [4.69, 9.17) is 28.2 Å². The molecule has 0 fully saturated rings. The minimum atomic E-state index is -0.289. The molecule has 0 radical (unpaired) electrons. The molecule has 0 spiro atoms. The molecule has 0 aliphatic carbocycles. The maximum Gasteiger partial charge on any atom is 0.250 e. The average molecular weight is 396 g/mol. The molecule has 9 nitrogen and oxygen atoms in total. The van der Waals surface area contributed by atoms with Crippen LogP contribution in [0.1, 0.15) is 5.69 Å². The molecule has 9 heteroatoms. The van der Waals surface area contributed by atoms with Gasteiger partial charge in [-0.25, -0.2) is 0 Å². The van der Waals surface area contributed by atoms with E-state index in [1.165, 1.54) is 0 Å². The van der Waals surface area contributed by atoms with Crippen molar-refractivity contribution in [1.29, 1.82) is 0 Å². The van der Waals surface area contributed by atoms with E-state index in [0.717, 1.165) is 5.56 Å². The van der Waals surface area contributed by atoms with Gasteiger partial charge in [0, 0.05) is 23.4 Å². The number of rotatable bonds is 6. The third-order valence-electron chi connectivity index (χ3n) is 4.36. The smallest absolute Gasteiger partial charge is 0.250 e. The fourth-order valence-corrected chi connectivity index (χ4v) is 2.99. The lowest BCUT2D eigenvalue weighted by atomic mass is 10.1. The Balaban J connectivity index is 1.14. The molecule has 148 valence electrons. The lowest BCUT2D eigenvalue weighted by Crippen LogP contribution is -2.18. The van der Waals surface area contributed by atoms with Crippen LogP contribution in [0.3, 0.4) is 0 Å². The first-order chi connectivity index (χ1) is 14.2. The van der Waals surface area contributed by atoms with Crippen molar-refractivity contribution < 1.29 is 33.0 Å². The van der Waals surface area contributed by atoms with E-state index < -0.39 is 0 Å². The number of carbonyl (C=O) groups excluding carboxylic acids is 1. The number of ether oxygens (including phenoxy) is 5. The van der Waals surface area contributed by atoms with Crippen molar-refractivity contribution in [2.45, 2.75) is 6.61 Å². The van der Waals surface area contributed by atoms with Gasteiger partial charge in [-0.15, -0.1) is 0 Å². The molecule has 2 aromatic carbocycles. The standard InChI is InChI=1S/C20H16N2O7/c23-20(21-13-2-4-16-19(6-13)28-11-26-16)9-24-8-14-7-17(29-22-14)12-1-3-15-18(5-12)27-10-25-15/h1-7H,8-11H2,(H,21,23). The third kappa shape index (κ3) is 3.67. The summed E-state index contributed by atoms with van der Waals surface area (Å²) in [4.78, 5) is 12.1. The molecule has 0 saturated carbocycles. The largest absolute Gasteiger partial charge is 0.454 e. The molecule has 2 aliphatic heterocycles. The van der Waals surface area contributed by atoms with Gasteiger partial charge in [-0.05, 0) is 30.3 Å². The van der Waals surface area contributed by atoms with Gasteiger partial charge >= 0.3 is 0 Å². The van der Waals surface area contributed by atoms with Crippen LogP contribution in [0, 0.1) is 0 Å². The number of amides is 1. The number of carbonyl (C=O) groups is 1. The Bertz CT molecular complexity index is 1060. The zero-order chi connectivity index (χ0) is 19.6. The summed E-state index contributed by atoms with van der Waals surface area (Å²) in [6, 6.07) is 12.4. The molecule has 29 heavy (non-hydrogen) atoms. The van der Waals surface area contributed by atoms with Crippen LogP contribution in [0.25, 0.3) is 11.3 Å². The van der Waals surface area contributed by atoms with Gasteiger partial charge in [0.05, 0.1) is 6.61 Å². The summed E-state index contributed by atoms with van der Waals surface area (Å²) in [7, 11) is 0. The summed E-state index contributed by atoms with van der Waals surface area (Å²) in [5, 5.41) is 6.72.